The third-order valence-corrected chi connectivity index (χ3v) is 8.30. The zero-order valence-electron chi connectivity index (χ0n) is 19.2. The van der Waals surface area contributed by atoms with Crippen molar-refractivity contribution in [2.45, 2.75) is 97.7 Å². The van der Waals surface area contributed by atoms with Crippen LogP contribution in [0, 0.1) is 22.7 Å². The highest BCUT2D eigenvalue weighted by atomic mass is 16.7. The quantitative estimate of drug-likeness (QED) is 0.451. The summed E-state index contributed by atoms with van der Waals surface area (Å²) in [4.78, 5) is 0. The molecule has 29 heavy (non-hydrogen) atoms. The fraction of sp³-hybridized carbons (Fsp3) is 0.846. The maximum Gasteiger partial charge on any atom is 0.157 e. The number of fused-ring (bicyclic) bond motifs is 1. The van der Waals surface area contributed by atoms with Gasteiger partial charge in [-0.1, -0.05) is 37.5 Å². The van der Waals surface area contributed by atoms with Crippen LogP contribution in [0.3, 0.4) is 0 Å². The summed E-state index contributed by atoms with van der Waals surface area (Å²) in [6.45, 7) is 12.8. The second kappa shape index (κ2) is 10.1. The second-order valence-corrected chi connectivity index (χ2v) is 10.4. The van der Waals surface area contributed by atoms with Crippen LogP contribution in [0.25, 0.3) is 0 Å². The molecule has 1 N–H and O–H groups in total. The second-order valence-electron chi connectivity index (χ2n) is 10.4. The number of aliphatic hydroxyl groups excluding tert-OH is 1. The number of ether oxygens (including phenoxy) is 2. The van der Waals surface area contributed by atoms with Gasteiger partial charge < -0.3 is 14.6 Å². The summed E-state index contributed by atoms with van der Waals surface area (Å²) < 4.78 is 11.9. The molecule has 1 heterocycles. The van der Waals surface area contributed by atoms with Gasteiger partial charge in [0.2, 0.25) is 0 Å². The average Bonchev–Trinajstić information content (AvgIpc) is 2.70. The van der Waals surface area contributed by atoms with E-state index in [1.807, 2.05) is 0 Å². The molecule has 3 aliphatic rings. The van der Waals surface area contributed by atoms with E-state index in [1.54, 1.807) is 5.57 Å². The van der Waals surface area contributed by atoms with E-state index in [0.717, 1.165) is 38.7 Å². The highest BCUT2D eigenvalue weighted by molar-refractivity contribution is 5.26. The number of rotatable bonds is 9. The third kappa shape index (κ3) is 5.17. The molecule has 2 aliphatic carbocycles. The summed E-state index contributed by atoms with van der Waals surface area (Å²) in [5.74, 6) is 0.991. The topological polar surface area (TPSA) is 38.7 Å². The smallest absolute Gasteiger partial charge is 0.157 e. The Bertz CT molecular complexity index is 577. The van der Waals surface area contributed by atoms with E-state index in [0.29, 0.717) is 18.4 Å². The van der Waals surface area contributed by atoms with Gasteiger partial charge in [-0.2, -0.15) is 0 Å². The SMILES string of the molecule is C=C(C)CCC[C@]1(C)CCC[C@@H]2C1=CC[C@@H](C)[C@@]2(CO)CCOC1CCCCO1. The number of hydrogen-bond donors (Lipinski definition) is 1. The number of allylic oxidation sites excluding steroid dienone is 3. The molecule has 166 valence electrons. The lowest BCUT2D eigenvalue weighted by Gasteiger charge is -2.55. The first kappa shape index (κ1) is 23.0. The predicted molar refractivity (Wildman–Crippen MR) is 120 cm³/mol. The zero-order valence-corrected chi connectivity index (χ0v) is 19.2. The molecule has 3 nitrogen and oxygen atoms in total. The molecule has 0 radical (unpaired) electrons. The molecule has 0 aromatic rings. The van der Waals surface area contributed by atoms with Gasteiger partial charge >= 0.3 is 0 Å². The van der Waals surface area contributed by atoms with E-state index in [2.05, 4.69) is 33.4 Å². The van der Waals surface area contributed by atoms with Crippen LogP contribution in [0.2, 0.25) is 0 Å². The van der Waals surface area contributed by atoms with Crippen LogP contribution in [0.15, 0.2) is 23.8 Å². The first-order valence-electron chi connectivity index (χ1n) is 12.1. The van der Waals surface area contributed by atoms with Crippen LogP contribution >= 0.6 is 0 Å². The fourth-order valence-electron chi connectivity index (χ4n) is 6.32. The molecule has 1 unspecified atom stereocenters. The van der Waals surface area contributed by atoms with Crippen molar-refractivity contribution < 1.29 is 14.6 Å². The van der Waals surface area contributed by atoms with Crippen molar-refractivity contribution in [3.05, 3.63) is 23.8 Å². The fourth-order valence-corrected chi connectivity index (χ4v) is 6.32. The summed E-state index contributed by atoms with van der Waals surface area (Å²) in [7, 11) is 0. The Kier molecular flexibility index (Phi) is 8.03. The van der Waals surface area contributed by atoms with E-state index < -0.39 is 0 Å². The van der Waals surface area contributed by atoms with E-state index in [4.69, 9.17) is 9.47 Å². The van der Waals surface area contributed by atoms with Crippen LogP contribution in [-0.2, 0) is 9.47 Å². The summed E-state index contributed by atoms with van der Waals surface area (Å²) in [6, 6.07) is 0. The monoisotopic (exact) mass is 404 g/mol. The normalized spacial score (nSPS) is 37.7. The molecular formula is C26H44O3. The standard InChI is InChI=1S/C26H44O3/c1-20(2)9-7-14-25(4)15-8-10-23-22(25)13-12-21(3)26(23,19-27)16-18-29-24-11-5-6-17-28-24/h13,21,23-24,27H,1,5-12,14-19H2,2-4H3/t21-,23-,24?,25-,26+/m1/s1. The molecule has 3 heteroatoms. The van der Waals surface area contributed by atoms with E-state index in [1.165, 1.54) is 44.1 Å². The Hall–Kier alpha value is -0.640. The molecule has 1 saturated heterocycles. The van der Waals surface area contributed by atoms with Crippen LogP contribution in [-0.4, -0.2) is 31.2 Å². The first-order chi connectivity index (χ1) is 13.9. The Morgan fingerprint density at radius 3 is 2.79 bits per heavy atom. The lowest BCUT2D eigenvalue weighted by molar-refractivity contribution is -0.171. The molecule has 1 aliphatic heterocycles. The third-order valence-electron chi connectivity index (χ3n) is 8.30. The zero-order chi connectivity index (χ0) is 20.9. The molecule has 0 spiro atoms. The lowest BCUT2D eigenvalue weighted by atomic mass is 9.50. The largest absolute Gasteiger partial charge is 0.396 e. The van der Waals surface area contributed by atoms with Gasteiger partial charge in [0.25, 0.3) is 0 Å². The van der Waals surface area contributed by atoms with Crippen molar-refractivity contribution in [3.63, 3.8) is 0 Å². The van der Waals surface area contributed by atoms with Crippen molar-refractivity contribution in [1.82, 2.24) is 0 Å². The van der Waals surface area contributed by atoms with Crippen LogP contribution < -0.4 is 0 Å². The Morgan fingerprint density at radius 1 is 1.28 bits per heavy atom. The van der Waals surface area contributed by atoms with Gasteiger partial charge in [-0.3, -0.25) is 0 Å². The van der Waals surface area contributed by atoms with Gasteiger partial charge in [0.1, 0.15) is 0 Å². The van der Waals surface area contributed by atoms with Crippen LogP contribution in [0.1, 0.15) is 91.4 Å². The van der Waals surface area contributed by atoms with Crippen molar-refractivity contribution in [3.8, 4) is 0 Å². The number of hydrogen-bond acceptors (Lipinski definition) is 3. The first-order valence-corrected chi connectivity index (χ1v) is 12.1. The van der Waals surface area contributed by atoms with Crippen molar-refractivity contribution in [2.24, 2.45) is 22.7 Å². The maximum absolute atomic E-state index is 10.7. The molecule has 1 saturated carbocycles. The van der Waals surface area contributed by atoms with Crippen molar-refractivity contribution >= 4 is 0 Å². The van der Waals surface area contributed by atoms with E-state index >= 15 is 0 Å². The van der Waals surface area contributed by atoms with E-state index in [9.17, 15) is 5.11 Å². The average molecular weight is 405 g/mol. The molecule has 0 amide bonds. The Balaban J connectivity index is 1.70. The molecule has 2 fully saturated rings. The highest BCUT2D eigenvalue weighted by Crippen LogP contribution is 2.59. The molecule has 3 rings (SSSR count). The van der Waals surface area contributed by atoms with Gasteiger partial charge in [-0.15, -0.1) is 6.58 Å². The Morgan fingerprint density at radius 2 is 2.10 bits per heavy atom. The van der Waals surface area contributed by atoms with Gasteiger partial charge in [0.15, 0.2) is 6.29 Å². The van der Waals surface area contributed by atoms with Crippen LogP contribution in [0.4, 0.5) is 0 Å². The summed E-state index contributed by atoms with van der Waals surface area (Å²) >= 11 is 0. The predicted octanol–water partition coefficient (Wildman–Crippen LogP) is 6.42. The van der Waals surface area contributed by atoms with Crippen molar-refractivity contribution in [1.29, 1.82) is 0 Å². The van der Waals surface area contributed by atoms with Gasteiger partial charge in [0, 0.05) is 18.6 Å². The molecule has 0 bridgehead atoms. The van der Waals surface area contributed by atoms with Gasteiger partial charge in [-0.05, 0) is 88.4 Å². The lowest BCUT2D eigenvalue weighted by Crippen LogP contribution is -2.49. The molecule has 0 aromatic heterocycles. The highest BCUT2D eigenvalue weighted by Gasteiger charge is 2.51. The summed E-state index contributed by atoms with van der Waals surface area (Å²) in [6.07, 6.45) is 15.3. The minimum atomic E-state index is -0.0468. The van der Waals surface area contributed by atoms with Gasteiger partial charge in [0.05, 0.1) is 6.61 Å². The summed E-state index contributed by atoms with van der Waals surface area (Å²) in [5, 5.41) is 10.7. The van der Waals surface area contributed by atoms with Crippen LogP contribution in [0.5, 0.6) is 0 Å². The van der Waals surface area contributed by atoms with E-state index in [-0.39, 0.29) is 23.7 Å². The minimum Gasteiger partial charge on any atom is -0.396 e. The van der Waals surface area contributed by atoms with Gasteiger partial charge in [-0.25, -0.2) is 0 Å². The van der Waals surface area contributed by atoms with Crippen molar-refractivity contribution in [2.75, 3.05) is 19.8 Å². The molecule has 0 aromatic carbocycles. The number of aliphatic hydroxyl groups is 1. The summed E-state index contributed by atoms with van der Waals surface area (Å²) in [5.41, 5.74) is 3.17. The Labute approximate surface area is 178 Å². The maximum atomic E-state index is 10.7. The minimum absolute atomic E-state index is 0.0350. The molecule has 5 atom stereocenters. The molecular weight excluding hydrogens is 360 g/mol.